The number of benzene rings is 1. The van der Waals surface area contributed by atoms with Crippen molar-refractivity contribution in [2.75, 3.05) is 6.54 Å². The summed E-state index contributed by atoms with van der Waals surface area (Å²) in [7, 11) is 0. The Hall–Kier alpha value is -1.88. The van der Waals surface area contributed by atoms with Crippen LogP contribution in [0.25, 0.3) is 0 Å². The van der Waals surface area contributed by atoms with Crippen LogP contribution in [0, 0.1) is 5.82 Å². The molecule has 0 unspecified atom stereocenters. The molecule has 102 valence electrons. The van der Waals surface area contributed by atoms with Crippen LogP contribution in [0.15, 0.2) is 34.9 Å². The summed E-state index contributed by atoms with van der Waals surface area (Å²) >= 11 is 0. The first-order chi connectivity index (χ1) is 9.29. The third kappa shape index (κ3) is 4.06. The van der Waals surface area contributed by atoms with Crippen molar-refractivity contribution in [1.29, 1.82) is 0 Å². The largest absolute Gasteiger partial charge is 0.445 e. The molecule has 0 saturated heterocycles. The van der Waals surface area contributed by atoms with E-state index in [4.69, 9.17) is 9.15 Å². The first kappa shape index (κ1) is 13.5. The quantitative estimate of drug-likeness (QED) is 0.781. The fourth-order valence-corrected chi connectivity index (χ4v) is 1.58. The van der Waals surface area contributed by atoms with Gasteiger partial charge in [-0.25, -0.2) is 4.39 Å². The van der Waals surface area contributed by atoms with E-state index in [0.717, 1.165) is 18.7 Å². The van der Waals surface area contributed by atoms with E-state index in [1.165, 1.54) is 6.07 Å². The molecule has 0 saturated carbocycles. The summed E-state index contributed by atoms with van der Waals surface area (Å²) < 4.78 is 23.8. The lowest BCUT2D eigenvalue weighted by Gasteiger charge is -2.02. The molecule has 19 heavy (non-hydrogen) atoms. The summed E-state index contributed by atoms with van der Waals surface area (Å²) in [5.41, 5.74) is 1.25. The summed E-state index contributed by atoms with van der Waals surface area (Å²) in [5, 5.41) is 3.21. The van der Waals surface area contributed by atoms with Gasteiger partial charge >= 0.3 is 6.08 Å². The smallest absolute Gasteiger partial charge is 0.394 e. The highest BCUT2D eigenvalue weighted by atomic mass is 19.1. The van der Waals surface area contributed by atoms with Gasteiger partial charge in [-0.1, -0.05) is 25.1 Å². The van der Waals surface area contributed by atoms with Crippen LogP contribution >= 0.6 is 0 Å². The van der Waals surface area contributed by atoms with Gasteiger partial charge in [0.1, 0.15) is 18.7 Å². The average molecular weight is 264 g/mol. The van der Waals surface area contributed by atoms with Crippen LogP contribution in [0.4, 0.5) is 4.39 Å². The number of hydrogen-bond acceptors (Lipinski definition) is 4. The van der Waals surface area contributed by atoms with Crippen molar-refractivity contribution >= 4 is 0 Å². The van der Waals surface area contributed by atoms with Crippen LogP contribution in [0.2, 0.25) is 0 Å². The van der Waals surface area contributed by atoms with Crippen molar-refractivity contribution < 1.29 is 13.5 Å². The lowest BCUT2D eigenvalue weighted by atomic mass is 10.2. The predicted molar refractivity (Wildman–Crippen MR) is 69.2 cm³/mol. The van der Waals surface area contributed by atoms with Crippen molar-refractivity contribution in [2.24, 2.45) is 0 Å². The number of oxazole rings is 1. The van der Waals surface area contributed by atoms with Gasteiger partial charge in [-0.2, -0.15) is 4.98 Å². The SMILES string of the molecule is CCCNCc1coc(OCc2ccccc2F)n1. The Morgan fingerprint density at radius 1 is 1.37 bits per heavy atom. The van der Waals surface area contributed by atoms with Crippen molar-refractivity contribution in [2.45, 2.75) is 26.5 Å². The van der Waals surface area contributed by atoms with Crippen molar-refractivity contribution in [1.82, 2.24) is 10.3 Å². The Morgan fingerprint density at radius 3 is 3.00 bits per heavy atom. The number of aromatic nitrogens is 1. The van der Waals surface area contributed by atoms with Crippen LogP contribution in [-0.4, -0.2) is 11.5 Å². The van der Waals surface area contributed by atoms with Crippen LogP contribution in [0.5, 0.6) is 6.08 Å². The summed E-state index contributed by atoms with van der Waals surface area (Å²) in [4.78, 5) is 4.15. The Kier molecular flexibility index (Phi) is 4.92. The third-order valence-electron chi connectivity index (χ3n) is 2.57. The van der Waals surface area contributed by atoms with Gasteiger partial charge in [0, 0.05) is 12.1 Å². The standard InChI is InChI=1S/C14H17FN2O2/c1-2-7-16-8-12-10-19-14(17-12)18-9-11-5-3-4-6-13(11)15/h3-6,10,16H,2,7-9H2,1H3. The summed E-state index contributed by atoms with van der Waals surface area (Å²) in [6, 6.07) is 6.47. The van der Waals surface area contributed by atoms with E-state index in [1.807, 2.05) is 0 Å². The van der Waals surface area contributed by atoms with E-state index in [2.05, 4.69) is 17.2 Å². The van der Waals surface area contributed by atoms with Gasteiger partial charge in [-0.3, -0.25) is 0 Å². The monoisotopic (exact) mass is 264 g/mol. The number of halogens is 1. The van der Waals surface area contributed by atoms with Crippen molar-refractivity contribution in [3.63, 3.8) is 0 Å². The third-order valence-corrected chi connectivity index (χ3v) is 2.57. The Balaban J connectivity index is 1.85. The summed E-state index contributed by atoms with van der Waals surface area (Å²) in [6.45, 7) is 3.77. The molecule has 1 N–H and O–H groups in total. The van der Waals surface area contributed by atoms with Crippen LogP contribution in [0.3, 0.4) is 0 Å². The molecule has 0 amide bonds. The van der Waals surface area contributed by atoms with Crippen LogP contribution in [-0.2, 0) is 13.2 Å². The molecule has 0 fully saturated rings. The van der Waals surface area contributed by atoms with Crippen LogP contribution < -0.4 is 10.1 Å². The number of rotatable bonds is 7. The van der Waals surface area contributed by atoms with Gasteiger partial charge in [-0.15, -0.1) is 0 Å². The maximum atomic E-state index is 13.4. The lowest BCUT2D eigenvalue weighted by Crippen LogP contribution is -2.13. The zero-order chi connectivity index (χ0) is 13.5. The first-order valence-corrected chi connectivity index (χ1v) is 6.31. The molecule has 1 aromatic heterocycles. The Labute approximate surface area is 111 Å². The van der Waals surface area contributed by atoms with Gasteiger partial charge in [0.25, 0.3) is 0 Å². The topological polar surface area (TPSA) is 47.3 Å². The molecule has 0 bridgehead atoms. The van der Waals surface area contributed by atoms with Gasteiger partial charge in [0.05, 0.1) is 5.69 Å². The summed E-state index contributed by atoms with van der Waals surface area (Å²) in [6.07, 6.45) is 2.77. The number of hydrogen-bond donors (Lipinski definition) is 1. The fourth-order valence-electron chi connectivity index (χ4n) is 1.58. The highest BCUT2D eigenvalue weighted by Gasteiger charge is 2.07. The Morgan fingerprint density at radius 2 is 2.21 bits per heavy atom. The van der Waals surface area contributed by atoms with Crippen molar-refractivity contribution in [3.05, 3.63) is 47.6 Å². The first-order valence-electron chi connectivity index (χ1n) is 6.31. The highest BCUT2D eigenvalue weighted by Crippen LogP contribution is 2.14. The van der Waals surface area contributed by atoms with E-state index in [0.29, 0.717) is 12.1 Å². The van der Waals surface area contributed by atoms with Gasteiger partial charge in [0.15, 0.2) is 0 Å². The van der Waals surface area contributed by atoms with Gasteiger partial charge in [0.2, 0.25) is 0 Å². The maximum absolute atomic E-state index is 13.4. The molecule has 0 aliphatic carbocycles. The maximum Gasteiger partial charge on any atom is 0.394 e. The molecule has 0 radical (unpaired) electrons. The van der Waals surface area contributed by atoms with E-state index in [-0.39, 0.29) is 18.5 Å². The zero-order valence-corrected chi connectivity index (χ0v) is 10.9. The molecule has 1 heterocycles. The van der Waals surface area contributed by atoms with Crippen molar-refractivity contribution in [3.8, 4) is 6.08 Å². The van der Waals surface area contributed by atoms with Crippen LogP contribution in [0.1, 0.15) is 24.6 Å². The number of nitrogens with one attached hydrogen (secondary N) is 1. The molecule has 1 aromatic carbocycles. The molecule has 0 aliphatic rings. The Bertz CT molecular complexity index is 514. The minimum absolute atomic E-state index is 0.106. The predicted octanol–water partition coefficient (Wildman–Crippen LogP) is 2.89. The van der Waals surface area contributed by atoms with E-state index >= 15 is 0 Å². The molecule has 0 aliphatic heterocycles. The van der Waals surface area contributed by atoms with E-state index < -0.39 is 0 Å². The number of nitrogens with zero attached hydrogens (tertiary/aromatic N) is 1. The number of ether oxygens (including phenoxy) is 1. The molecule has 2 aromatic rings. The molecule has 4 nitrogen and oxygen atoms in total. The minimum atomic E-state index is -0.293. The average Bonchev–Trinajstić information content (AvgIpc) is 2.86. The molecule has 2 rings (SSSR count). The molecule has 0 spiro atoms. The molecule has 0 atom stereocenters. The normalized spacial score (nSPS) is 10.6. The zero-order valence-electron chi connectivity index (χ0n) is 10.9. The second-order valence-corrected chi connectivity index (χ2v) is 4.16. The molecular weight excluding hydrogens is 247 g/mol. The highest BCUT2D eigenvalue weighted by molar-refractivity contribution is 5.16. The second kappa shape index (κ2) is 6.89. The lowest BCUT2D eigenvalue weighted by molar-refractivity contribution is 0.217. The molecule has 5 heteroatoms. The van der Waals surface area contributed by atoms with E-state index in [1.54, 1.807) is 24.5 Å². The van der Waals surface area contributed by atoms with Gasteiger partial charge in [-0.05, 0) is 19.0 Å². The van der Waals surface area contributed by atoms with Gasteiger partial charge < -0.3 is 14.5 Å². The second-order valence-electron chi connectivity index (χ2n) is 4.16. The minimum Gasteiger partial charge on any atom is -0.445 e. The fraction of sp³-hybridized carbons (Fsp3) is 0.357. The summed E-state index contributed by atoms with van der Waals surface area (Å²) in [5.74, 6) is -0.293. The van der Waals surface area contributed by atoms with E-state index in [9.17, 15) is 4.39 Å². The molecular formula is C14H17FN2O2.